The normalized spacial score (nSPS) is 21.2. The maximum atomic E-state index is 11.0. The van der Waals surface area contributed by atoms with Gasteiger partial charge in [0.1, 0.15) is 0 Å². The fourth-order valence-electron chi connectivity index (χ4n) is 0.817. The molecule has 1 heterocycles. The van der Waals surface area contributed by atoms with Crippen LogP contribution in [0.25, 0.3) is 0 Å². The molecule has 2 amide bonds. The molecule has 1 aliphatic heterocycles. The van der Waals surface area contributed by atoms with Crippen molar-refractivity contribution >= 4 is 24.4 Å². The molecule has 0 radical (unpaired) electrons. The lowest BCUT2D eigenvalue weighted by Crippen LogP contribution is -2.33. The third kappa shape index (κ3) is 1.45. The first-order valence-corrected chi connectivity index (χ1v) is 2.96. The molecule has 0 atom stereocenters. The van der Waals surface area contributed by atoms with E-state index in [0.29, 0.717) is 0 Å². The van der Waals surface area contributed by atoms with Crippen LogP contribution in [-0.4, -0.2) is 29.5 Å². The Bertz CT molecular complexity index is 202. The molecule has 1 aliphatic rings. The van der Waals surface area contributed by atoms with Crippen molar-refractivity contribution in [1.82, 2.24) is 4.90 Å². The summed E-state index contributed by atoms with van der Waals surface area (Å²) in [4.78, 5) is 22.7. The second kappa shape index (κ2) is 2.70. The quantitative estimate of drug-likeness (QED) is 0.553. The first-order chi connectivity index (χ1) is 4.45. The Morgan fingerprint density at radius 2 is 1.82 bits per heavy atom. The molecule has 0 aromatic rings. The molecule has 64 valence electrons. The molecular formula is C6H10ClNO3. The van der Waals surface area contributed by atoms with E-state index in [-0.39, 0.29) is 18.3 Å². The highest BCUT2D eigenvalue weighted by Crippen LogP contribution is 2.21. The van der Waals surface area contributed by atoms with E-state index in [0.717, 1.165) is 4.90 Å². The molecule has 0 aromatic carbocycles. The van der Waals surface area contributed by atoms with Gasteiger partial charge in [-0.1, -0.05) is 0 Å². The summed E-state index contributed by atoms with van der Waals surface area (Å²) in [6, 6.07) is 0. The van der Waals surface area contributed by atoms with Crippen molar-refractivity contribution in [2.24, 2.45) is 0 Å². The molecular weight excluding hydrogens is 170 g/mol. The van der Waals surface area contributed by atoms with Crippen LogP contribution in [0.2, 0.25) is 0 Å². The Labute approximate surface area is 70.9 Å². The smallest absolute Gasteiger partial charge is 0.417 e. The number of hydrogen-bond acceptors (Lipinski definition) is 3. The molecule has 11 heavy (non-hydrogen) atoms. The Morgan fingerprint density at radius 1 is 1.36 bits per heavy atom. The number of cyclic esters (lactones) is 1. The summed E-state index contributed by atoms with van der Waals surface area (Å²) in [6.07, 6.45) is -0.574. The van der Waals surface area contributed by atoms with E-state index >= 15 is 0 Å². The minimum atomic E-state index is -0.966. The maximum Gasteiger partial charge on any atom is 0.417 e. The van der Waals surface area contributed by atoms with Gasteiger partial charge in [-0.05, 0) is 13.8 Å². The standard InChI is InChI=1S/C6H9NO3.ClH/c1-6(2)4(8)7(3)5(9)10-6;/h1-3H3;1H. The molecule has 0 spiro atoms. The van der Waals surface area contributed by atoms with E-state index in [9.17, 15) is 9.59 Å². The van der Waals surface area contributed by atoms with Gasteiger partial charge in [0.05, 0.1) is 0 Å². The average Bonchev–Trinajstić information content (AvgIpc) is 1.95. The van der Waals surface area contributed by atoms with Gasteiger partial charge in [0.2, 0.25) is 0 Å². The molecule has 4 nitrogen and oxygen atoms in total. The van der Waals surface area contributed by atoms with Crippen LogP contribution >= 0.6 is 12.4 Å². The van der Waals surface area contributed by atoms with Gasteiger partial charge in [-0.3, -0.25) is 4.79 Å². The first-order valence-electron chi connectivity index (χ1n) is 2.96. The van der Waals surface area contributed by atoms with Crippen LogP contribution in [0.5, 0.6) is 0 Å². The average molecular weight is 180 g/mol. The number of carbonyl (C=O) groups is 2. The van der Waals surface area contributed by atoms with Gasteiger partial charge in [0.25, 0.3) is 5.91 Å². The van der Waals surface area contributed by atoms with Crippen LogP contribution in [0.3, 0.4) is 0 Å². The summed E-state index contributed by atoms with van der Waals surface area (Å²) in [5, 5.41) is 0. The fourth-order valence-corrected chi connectivity index (χ4v) is 0.817. The van der Waals surface area contributed by atoms with Crippen LogP contribution in [0, 0.1) is 0 Å². The van der Waals surface area contributed by atoms with Crippen LogP contribution in [-0.2, 0) is 9.53 Å². The zero-order valence-electron chi connectivity index (χ0n) is 6.58. The molecule has 5 heteroatoms. The van der Waals surface area contributed by atoms with E-state index < -0.39 is 11.7 Å². The van der Waals surface area contributed by atoms with Crippen molar-refractivity contribution in [3.63, 3.8) is 0 Å². The topological polar surface area (TPSA) is 46.6 Å². The Hall–Kier alpha value is -0.770. The number of hydrogen-bond donors (Lipinski definition) is 0. The summed E-state index contributed by atoms with van der Waals surface area (Å²) < 4.78 is 4.71. The molecule has 1 fully saturated rings. The van der Waals surface area contributed by atoms with E-state index in [4.69, 9.17) is 4.74 Å². The molecule has 0 unspecified atom stereocenters. The second-order valence-corrected chi connectivity index (χ2v) is 2.74. The minimum absolute atomic E-state index is 0. The number of ether oxygens (including phenoxy) is 1. The number of imide groups is 1. The van der Waals surface area contributed by atoms with Gasteiger partial charge < -0.3 is 4.74 Å². The Kier molecular flexibility index (Phi) is 2.51. The molecule has 0 bridgehead atoms. The lowest BCUT2D eigenvalue weighted by molar-refractivity contribution is -0.133. The van der Waals surface area contributed by atoms with E-state index in [1.165, 1.54) is 7.05 Å². The molecule has 0 saturated carbocycles. The summed E-state index contributed by atoms with van der Waals surface area (Å²) in [6.45, 7) is 3.13. The van der Waals surface area contributed by atoms with Gasteiger partial charge in [-0.2, -0.15) is 0 Å². The van der Waals surface area contributed by atoms with Gasteiger partial charge in [-0.15, -0.1) is 12.4 Å². The number of nitrogens with zero attached hydrogens (tertiary/aromatic N) is 1. The number of halogens is 1. The lowest BCUT2D eigenvalue weighted by atomic mass is 10.1. The predicted octanol–water partition coefficient (Wildman–Crippen LogP) is 0.795. The van der Waals surface area contributed by atoms with Gasteiger partial charge in [0.15, 0.2) is 5.60 Å². The minimum Gasteiger partial charge on any atom is -0.433 e. The van der Waals surface area contributed by atoms with E-state index in [1.54, 1.807) is 13.8 Å². The molecule has 0 aromatic heterocycles. The Morgan fingerprint density at radius 3 is 1.91 bits per heavy atom. The van der Waals surface area contributed by atoms with Gasteiger partial charge >= 0.3 is 6.09 Å². The largest absolute Gasteiger partial charge is 0.433 e. The van der Waals surface area contributed by atoms with Gasteiger partial charge in [0, 0.05) is 7.05 Å². The highest BCUT2D eigenvalue weighted by Gasteiger charge is 2.44. The third-order valence-electron chi connectivity index (χ3n) is 1.44. The molecule has 1 saturated heterocycles. The van der Waals surface area contributed by atoms with Crippen LogP contribution in [0.4, 0.5) is 4.79 Å². The van der Waals surface area contributed by atoms with Crippen molar-refractivity contribution in [3.05, 3.63) is 0 Å². The van der Waals surface area contributed by atoms with Crippen molar-refractivity contribution in [3.8, 4) is 0 Å². The van der Waals surface area contributed by atoms with Crippen LogP contribution in [0.1, 0.15) is 13.8 Å². The van der Waals surface area contributed by atoms with Crippen molar-refractivity contribution in [1.29, 1.82) is 0 Å². The van der Waals surface area contributed by atoms with Gasteiger partial charge in [-0.25, -0.2) is 9.69 Å². The van der Waals surface area contributed by atoms with E-state index in [1.807, 2.05) is 0 Å². The zero-order valence-corrected chi connectivity index (χ0v) is 7.40. The van der Waals surface area contributed by atoms with Crippen molar-refractivity contribution < 1.29 is 14.3 Å². The molecule has 1 rings (SSSR count). The van der Waals surface area contributed by atoms with E-state index in [2.05, 4.69) is 0 Å². The number of likely N-dealkylation sites (N-methyl/N-ethyl adjacent to an activating group) is 1. The maximum absolute atomic E-state index is 11.0. The summed E-state index contributed by atoms with van der Waals surface area (Å²) in [5.41, 5.74) is -0.966. The highest BCUT2D eigenvalue weighted by molar-refractivity contribution is 6.01. The van der Waals surface area contributed by atoms with Crippen molar-refractivity contribution in [2.75, 3.05) is 7.05 Å². The second-order valence-electron chi connectivity index (χ2n) is 2.74. The third-order valence-corrected chi connectivity index (χ3v) is 1.44. The van der Waals surface area contributed by atoms with Crippen LogP contribution in [0.15, 0.2) is 0 Å². The van der Waals surface area contributed by atoms with Crippen LogP contribution < -0.4 is 0 Å². The first kappa shape index (κ1) is 10.2. The zero-order chi connectivity index (χ0) is 7.94. The molecule has 0 aliphatic carbocycles. The lowest BCUT2D eigenvalue weighted by Gasteiger charge is -2.10. The molecule has 0 N–H and O–H groups in total. The predicted molar refractivity (Wildman–Crippen MR) is 40.6 cm³/mol. The fraction of sp³-hybridized carbons (Fsp3) is 0.667. The summed E-state index contributed by atoms with van der Waals surface area (Å²) >= 11 is 0. The summed E-state index contributed by atoms with van der Waals surface area (Å²) in [5.74, 6) is -0.294. The number of rotatable bonds is 0. The summed E-state index contributed by atoms with van der Waals surface area (Å²) in [7, 11) is 1.40. The highest BCUT2D eigenvalue weighted by atomic mass is 35.5. The SMILES string of the molecule is CN1C(=O)OC(C)(C)C1=O.Cl. The Balaban J connectivity index is 0.000001000. The monoisotopic (exact) mass is 179 g/mol. The van der Waals surface area contributed by atoms with Crippen molar-refractivity contribution in [2.45, 2.75) is 19.4 Å². The number of amides is 2. The number of carbonyl (C=O) groups excluding carboxylic acids is 2.